The van der Waals surface area contributed by atoms with Crippen LogP contribution in [0, 0.1) is 0 Å². The second-order valence-electron chi connectivity index (χ2n) is 3.47. The zero-order chi connectivity index (χ0) is 13.8. The summed E-state index contributed by atoms with van der Waals surface area (Å²) >= 11 is 0.404. The van der Waals surface area contributed by atoms with Crippen LogP contribution in [0.3, 0.4) is 0 Å². The van der Waals surface area contributed by atoms with Gasteiger partial charge in [-0.1, -0.05) is 23.9 Å². The molecule has 0 aliphatic rings. The predicted molar refractivity (Wildman–Crippen MR) is 67.3 cm³/mol. The first-order valence-electron chi connectivity index (χ1n) is 5.20. The molecule has 2 rings (SSSR count). The maximum atomic E-state index is 12.4. The lowest BCUT2D eigenvalue weighted by molar-refractivity contribution is 0.0663. The summed E-state index contributed by atoms with van der Waals surface area (Å²) < 4.78 is 29.8. The number of thioether (sulfide) groups is 1. The predicted octanol–water partition coefficient (Wildman–Crippen LogP) is 4.04. The van der Waals surface area contributed by atoms with Gasteiger partial charge in [-0.3, -0.25) is 0 Å². The van der Waals surface area contributed by atoms with Crippen molar-refractivity contribution in [3.05, 3.63) is 42.2 Å². The number of para-hydroxylation sites is 1. The molecule has 0 saturated carbocycles. The molecule has 1 heterocycles. The second kappa shape index (κ2) is 5.75. The van der Waals surface area contributed by atoms with Crippen molar-refractivity contribution in [1.29, 1.82) is 0 Å². The normalized spacial score (nSPS) is 10.7. The molecule has 0 aliphatic carbocycles. The van der Waals surface area contributed by atoms with E-state index in [1.807, 2.05) is 0 Å². The van der Waals surface area contributed by atoms with Gasteiger partial charge in [0.2, 0.25) is 5.76 Å². The minimum absolute atomic E-state index is 0.180. The number of carboxylic acids is 1. The van der Waals surface area contributed by atoms with Crippen molar-refractivity contribution in [3.8, 4) is 0 Å². The number of anilines is 2. The SMILES string of the molecule is O=C(O)c1ccc(Nc2ccccc2SC(F)F)o1. The van der Waals surface area contributed by atoms with E-state index in [-0.39, 0.29) is 11.6 Å². The van der Waals surface area contributed by atoms with Crippen LogP contribution in [0.2, 0.25) is 0 Å². The Bertz CT molecular complexity index is 586. The Balaban J connectivity index is 2.20. The first-order chi connectivity index (χ1) is 9.06. The summed E-state index contributed by atoms with van der Waals surface area (Å²) in [6, 6.07) is 9.17. The number of hydrogen-bond donors (Lipinski definition) is 2. The van der Waals surface area contributed by atoms with Crippen molar-refractivity contribution in [2.75, 3.05) is 5.32 Å². The molecule has 2 aromatic rings. The molecule has 0 fully saturated rings. The lowest BCUT2D eigenvalue weighted by Crippen LogP contribution is -1.94. The van der Waals surface area contributed by atoms with E-state index in [4.69, 9.17) is 9.52 Å². The van der Waals surface area contributed by atoms with Crippen LogP contribution in [-0.4, -0.2) is 16.8 Å². The average molecular weight is 285 g/mol. The Kier molecular flexibility index (Phi) is 4.06. The first-order valence-corrected chi connectivity index (χ1v) is 6.08. The van der Waals surface area contributed by atoms with Crippen LogP contribution < -0.4 is 5.32 Å². The molecule has 100 valence electrons. The zero-order valence-electron chi connectivity index (χ0n) is 9.47. The van der Waals surface area contributed by atoms with E-state index in [2.05, 4.69) is 5.32 Å². The number of nitrogens with one attached hydrogen (secondary N) is 1. The molecule has 1 aromatic heterocycles. The van der Waals surface area contributed by atoms with Gasteiger partial charge < -0.3 is 14.8 Å². The number of aromatic carboxylic acids is 1. The van der Waals surface area contributed by atoms with Crippen LogP contribution in [0.25, 0.3) is 0 Å². The van der Waals surface area contributed by atoms with Crippen LogP contribution in [0.15, 0.2) is 45.7 Å². The van der Waals surface area contributed by atoms with Crippen molar-refractivity contribution < 1.29 is 23.1 Å². The average Bonchev–Trinajstić information content (AvgIpc) is 2.80. The van der Waals surface area contributed by atoms with Crippen molar-refractivity contribution in [2.24, 2.45) is 0 Å². The molecule has 0 unspecified atom stereocenters. The molecule has 4 nitrogen and oxygen atoms in total. The zero-order valence-corrected chi connectivity index (χ0v) is 10.3. The van der Waals surface area contributed by atoms with Crippen LogP contribution >= 0.6 is 11.8 Å². The summed E-state index contributed by atoms with van der Waals surface area (Å²) in [5, 5.41) is 11.5. The van der Waals surface area contributed by atoms with Gasteiger partial charge in [-0.05, 0) is 18.2 Å². The Morgan fingerprint density at radius 1 is 1.26 bits per heavy atom. The van der Waals surface area contributed by atoms with E-state index in [9.17, 15) is 13.6 Å². The molecule has 0 saturated heterocycles. The molecule has 7 heteroatoms. The Morgan fingerprint density at radius 3 is 2.63 bits per heavy atom. The van der Waals surface area contributed by atoms with Gasteiger partial charge >= 0.3 is 5.97 Å². The van der Waals surface area contributed by atoms with E-state index in [1.165, 1.54) is 12.1 Å². The fourth-order valence-electron chi connectivity index (χ4n) is 1.42. The summed E-state index contributed by atoms with van der Waals surface area (Å²) in [6.07, 6.45) is 0. The second-order valence-corrected chi connectivity index (χ2v) is 4.50. The molecule has 0 bridgehead atoms. The lowest BCUT2D eigenvalue weighted by atomic mass is 10.3. The third-order valence-electron chi connectivity index (χ3n) is 2.18. The number of furan rings is 1. The summed E-state index contributed by atoms with van der Waals surface area (Å²) in [5.74, 6) is -3.77. The summed E-state index contributed by atoms with van der Waals surface area (Å²) in [5.41, 5.74) is 0.430. The highest BCUT2D eigenvalue weighted by Gasteiger charge is 2.12. The summed E-state index contributed by atoms with van der Waals surface area (Å²) in [7, 11) is 0. The van der Waals surface area contributed by atoms with E-state index in [0.717, 1.165) is 0 Å². The van der Waals surface area contributed by atoms with Gasteiger partial charge in [0.05, 0.1) is 5.69 Å². The minimum Gasteiger partial charge on any atom is -0.475 e. The lowest BCUT2D eigenvalue weighted by Gasteiger charge is -2.08. The van der Waals surface area contributed by atoms with Crippen molar-refractivity contribution in [3.63, 3.8) is 0 Å². The van der Waals surface area contributed by atoms with Gasteiger partial charge in [-0.25, -0.2) is 4.79 Å². The number of benzene rings is 1. The smallest absolute Gasteiger partial charge is 0.371 e. The van der Waals surface area contributed by atoms with Crippen LogP contribution in [0.1, 0.15) is 10.6 Å². The van der Waals surface area contributed by atoms with E-state index in [0.29, 0.717) is 22.3 Å². The molecule has 0 spiro atoms. The largest absolute Gasteiger partial charge is 0.475 e. The van der Waals surface area contributed by atoms with E-state index in [1.54, 1.807) is 24.3 Å². The monoisotopic (exact) mass is 285 g/mol. The minimum atomic E-state index is -2.53. The Labute approximate surface area is 111 Å². The number of carbonyl (C=O) groups is 1. The van der Waals surface area contributed by atoms with Gasteiger partial charge in [-0.15, -0.1) is 0 Å². The number of hydrogen-bond acceptors (Lipinski definition) is 4. The molecular formula is C12H9F2NO3S. The van der Waals surface area contributed by atoms with Crippen molar-refractivity contribution in [1.82, 2.24) is 0 Å². The number of rotatable bonds is 5. The standard InChI is InChI=1S/C12H9F2NO3S/c13-12(14)19-9-4-2-1-3-7(9)15-10-6-5-8(18-10)11(16)17/h1-6,12,15H,(H,16,17). The van der Waals surface area contributed by atoms with Crippen LogP contribution in [-0.2, 0) is 0 Å². The molecule has 2 N–H and O–H groups in total. The Hall–Kier alpha value is -2.02. The van der Waals surface area contributed by atoms with Crippen LogP contribution in [0.4, 0.5) is 20.4 Å². The first kappa shape index (κ1) is 13.4. The Morgan fingerprint density at radius 2 is 2.00 bits per heavy atom. The van der Waals surface area contributed by atoms with Gasteiger partial charge in [0, 0.05) is 11.0 Å². The van der Waals surface area contributed by atoms with Crippen LogP contribution in [0.5, 0.6) is 0 Å². The highest BCUT2D eigenvalue weighted by Crippen LogP contribution is 2.33. The molecule has 0 aliphatic heterocycles. The van der Waals surface area contributed by atoms with Gasteiger partial charge in [0.15, 0.2) is 5.88 Å². The van der Waals surface area contributed by atoms with Gasteiger partial charge in [0.1, 0.15) is 0 Å². The maximum Gasteiger partial charge on any atom is 0.371 e. The number of halogens is 2. The molecule has 0 radical (unpaired) electrons. The highest BCUT2D eigenvalue weighted by molar-refractivity contribution is 7.99. The number of carboxylic acid groups (broad SMARTS) is 1. The quantitative estimate of drug-likeness (QED) is 0.812. The summed E-state index contributed by atoms with van der Waals surface area (Å²) in [4.78, 5) is 11.0. The van der Waals surface area contributed by atoms with Gasteiger partial charge in [-0.2, -0.15) is 8.78 Å². The highest BCUT2D eigenvalue weighted by atomic mass is 32.2. The maximum absolute atomic E-state index is 12.4. The van der Waals surface area contributed by atoms with Gasteiger partial charge in [0.25, 0.3) is 5.76 Å². The fraction of sp³-hybridized carbons (Fsp3) is 0.0833. The van der Waals surface area contributed by atoms with Crippen molar-refractivity contribution in [2.45, 2.75) is 10.7 Å². The fourth-order valence-corrected chi connectivity index (χ4v) is 2.02. The molecule has 0 atom stereocenters. The van der Waals surface area contributed by atoms with Crippen molar-refractivity contribution >= 4 is 29.3 Å². The van der Waals surface area contributed by atoms with E-state index >= 15 is 0 Å². The third-order valence-corrected chi connectivity index (χ3v) is 2.97. The van der Waals surface area contributed by atoms with E-state index < -0.39 is 11.7 Å². The molecule has 0 amide bonds. The number of alkyl halides is 2. The summed E-state index contributed by atoms with van der Waals surface area (Å²) in [6.45, 7) is 0. The molecular weight excluding hydrogens is 276 g/mol. The topological polar surface area (TPSA) is 62.5 Å². The molecule has 1 aromatic carbocycles. The molecule has 19 heavy (non-hydrogen) atoms. The third kappa shape index (κ3) is 3.47.